The molecule has 0 bridgehead atoms. The number of nitrogen functional groups attached to an aromatic ring is 1. The maximum atomic E-state index is 11.4. The van der Waals surface area contributed by atoms with Crippen molar-refractivity contribution in [2.75, 3.05) is 12.0 Å². The fraction of sp³-hybridized carbons (Fsp3) is 0.417. The van der Waals surface area contributed by atoms with E-state index in [1.54, 1.807) is 23.1 Å². The van der Waals surface area contributed by atoms with Crippen LogP contribution in [0.3, 0.4) is 0 Å². The van der Waals surface area contributed by atoms with Crippen molar-refractivity contribution < 1.29 is 4.21 Å². The predicted molar refractivity (Wildman–Crippen MR) is 85.8 cm³/mol. The summed E-state index contributed by atoms with van der Waals surface area (Å²) in [6, 6.07) is 3.35. The molecule has 1 aromatic heterocycles. The van der Waals surface area contributed by atoms with Crippen LogP contribution >= 0.6 is 23.2 Å². The molecule has 2 aromatic rings. The summed E-state index contributed by atoms with van der Waals surface area (Å²) in [7, 11) is -0.874. The first kappa shape index (κ1) is 16.2. The largest absolute Gasteiger partial charge is 0.397 e. The van der Waals surface area contributed by atoms with E-state index in [4.69, 9.17) is 28.9 Å². The number of rotatable bonds is 5. The van der Waals surface area contributed by atoms with Gasteiger partial charge in [-0.05, 0) is 29.0 Å². The molecular weight excluding hydrogens is 333 g/mol. The van der Waals surface area contributed by atoms with Crippen LogP contribution in [-0.2, 0) is 17.3 Å². The Morgan fingerprint density at radius 3 is 2.76 bits per heavy atom. The molecular formula is C12H15Cl2N5OS. The van der Waals surface area contributed by atoms with Crippen molar-refractivity contribution in [2.24, 2.45) is 0 Å². The van der Waals surface area contributed by atoms with Gasteiger partial charge >= 0.3 is 0 Å². The third kappa shape index (κ3) is 3.72. The van der Waals surface area contributed by atoms with E-state index in [1.165, 1.54) is 0 Å². The minimum absolute atomic E-state index is 0.0703. The summed E-state index contributed by atoms with van der Waals surface area (Å²) in [6.07, 6.45) is 2.39. The number of tetrazole rings is 1. The first-order valence-electron chi connectivity index (χ1n) is 6.23. The van der Waals surface area contributed by atoms with Gasteiger partial charge in [-0.15, -0.1) is 5.10 Å². The predicted octanol–water partition coefficient (Wildman–Crippen LogP) is 2.39. The standard InChI is InChI=1S/C12H15Cl2N5OS/c1-7(21(2)20)3-4-19-12(16-17-18-19)8-5-9(13)11(14)10(15)6-8/h5-7H,3-4,15H2,1-2H3. The molecule has 0 fully saturated rings. The van der Waals surface area contributed by atoms with Crippen LogP contribution in [0, 0.1) is 0 Å². The molecule has 1 aromatic carbocycles. The molecule has 0 saturated heterocycles. The number of benzene rings is 1. The van der Waals surface area contributed by atoms with Crippen molar-refractivity contribution in [3.05, 3.63) is 22.2 Å². The summed E-state index contributed by atoms with van der Waals surface area (Å²) in [4.78, 5) is 0. The Bertz CT molecular complexity index is 652. The second kappa shape index (κ2) is 6.72. The zero-order valence-electron chi connectivity index (χ0n) is 11.6. The van der Waals surface area contributed by atoms with Crippen molar-refractivity contribution in [3.8, 4) is 11.4 Å². The van der Waals surface area contributed by atoms with E-state index in [1.807, 2.05) is 6.92 Å². The molecule has 2 rings (SSSR count). The lowest BCUT2D eigenvalue weighted by Gasteiger charge is -2.10. The lowest BCUT2D eigenvalue weighted by Crippen LogP contribution is -2.14. The number of aryl methyl sites for hydroxylation is 1. The fourth-order valence-electron chi connectivity index (χ4n) is 1.77. The number of nitrogens with two attached hydrogens (primary N) is 1. The second-order valence-corrected chi connectivity index (χ2v) is 7.27. The molecule has 0 aliphatic carbocycles. The van der Waals surface area contributed by atoms with Crippen molar-refractivity contribution >= 4 is 39.7 Å². The first-order chi connectivity index (χ1) is 9.90. The molecule has 0 radical (unpaired) electrons. The summed E-state index contributed by atoms with van der Waals surface area (Å²) >= 11 is 12.0. The van der Waals surface area contributed by atoms with Crippen LogP contribution in [0.15, 0.2) is 12.1 Å². The van der Waals surface area contributed by atoms with Crippen LogP contribution in [0.25, 0.3) is 11.4 Å². The van der Waals surface area contributed by atoms with Gasteiger partial charge < -0.3 is 5.73 Å². The zero-order valence-corrected chi connectivity index (χ0v) is 13.9. The maximum Gasteiger partial charge on any atom is 0.182 e. The lowest BCUT2D eigenvalue weighted by atomic mass is 10.2. The Morgan fingerprint density at radius 2 is 2.14 bits per heavy atom. The summed E-state index contributed by atoms with van der Waals surface area (Å²) < 4.78 is 13.0. The highest BCUT2D eigenvalue weighted by Gasteiger charge is 2.14. The van der Waals surface area contributed by atoms with Crippen molar-refractivity contribution in [1.29, 1.82) is 0 Å². The van der Waals surface area contributed by atoms with Crippen LogP contribution in [0.1, 0.15) is 13.3 Å². The van der Waals surface area contributed by atoms with Gasteiger partial charge in [0.05, 0.1) is 15.7 Å². The van der Waals surface area contributed by atoms with E-state index < -0.39 is 10.8 Å². The lowest BCUT2D eigenvalue weighted by molar-refractivity contribution is 0.556. The van der Waals surface area contributed by atoms with E-state index in [9.17, 15) is 4.21 Å². The number of anilines is 1. The Kier molecular flexibility index (Phi) is 5.18. The number of halogens is 2. The summed E-state index contributed by atoms with van der Waals surface area (Å²) in [5, 5.41) is 12.3. The van der Waals surface area contributed by atoms with E-state index in [0.717, 1.165) is 0 Å². The highest BCUT2D eigenvalue weighted by molar-refractivity contribution is 7.84. The number of aromatic nitrogens is 4. The molecule has 6 nitrogen and oxygen atoms in total. The second-order valence-electron chi connectivity index (χ2n) is 4.68. The van der Waals surface area contributed by atoms with Gasteiger partial charge in [0.1, 0.15) is 0 Å². The molecule has 9 heteroatoms. The van der Waals surface area contributed by atoms with Gasteiger partial charge in [-0.25, -0.2) is 4.68 Å². The Labute approximate surface area is 135 Å². The van der Waals surface area contributed by atoms with Crippen LogP contribution < -0.4 is 5.73 Å². The molecule has 2 unspecified atom stereocenters. The smallest absolute Gasteiger partial charge is 0.182 e. The minimum Gasteiger partial charge on any atom is -0.397 e. The van der Waals surface area contributed by atoms with Gasteiger partial charge in [0.15, 0.2) is 5.82 Å². The molecule has 0 saturated carbocycles. The van der Waals surface area contributed by atoms with Gasteiger partial charge in [0, 0.05) is 34.4 Å². The average Bonchev–Trinajstić information content (AvgIpc) is 2.89. The molecule has 1 heterocycles. The molecule has 114 valence electrons. The molecule has 0 aliphatic heterocycles. The Hall–Kier alpha value is -1.18. The SMILES string of the molecule is CC(CCn1nnnc1-c1cc(N)c(Cl)c(Cl)c1)S(C)=O. The normalized spacial score (nSPS) is 14.1. The molecule has 0 spiro atoms. The zero-order chi connectivity index (χ0) is 15.6. The third-order valence-corrected chi connectivity index (χ3v) is 5.35. The van der Waals surface area contributed by atoms with Gasteiger partial charge in [-0.2, -0.15) is 0 Å². The number of hydrogen-bond donors (Lipinski definition) is 1. The highest BCUT2D eigenvalue weighted by atomic mass is 35.5. The summed E-state index contributed by atoms with van der Waals surface area (Å²) in [6.45, 7) is 2.49. The van der Waals surface area contributed by atoms with Crippen LogP contribution in [0.5, 0.6) is 0 Å². The monoisotopic (exact) mass is 347 g/mol. The fourth-order valence-corrected chi connectivity index (χ4v) is 2.54. The van der Waals surface area contributed by atoms with Crippen LogP contribution in [-0.4, -0.2) is 35.9 Å². The van der Waals surface area contributed by atoms with E-state index >= 15 is 0 Å². The van der Waals surface area contributed by atoms with E-state index in [0.29, 0.717) is 40.1 Å². The highest BCUT2D eigenvalue weighted by Crippen LogP contribution is 2.32. The van der Waals surface area contributed by atoms with Crippen LogP contribution in [0.2, 0.25) is 10.0 Å². The van der Waals surface area contributed by atoms with Gasteiger partial charge in [-0.1, -0.05) is 30.1 Å². The summed E-state index contributed by atoms with van der Waals surface area (Å²) in [5.41, 5.74) is 6.87. The topological polar surface area (TPSA) is 86.7 Å². The Morgan fingerprint density at radius 1 is 1.43 bits per heavy atom. The van der Waals surface area contributed by atoms with E-state index in [2.05, 4.69) is 15.5 Å². The quantitative estimate of drug-likeness (QED) is 0.839. The van der Waals surface area contributed by atoms with Gasteiger partial charge in [0.2, 0.25) is 0 Å². The van der Waals surface area contributed by atoms with Gasteiger partial charge in [-0.3, -0.25) is 4.21 Å². The Balaban J connectivity index is 2.26. The number of hydrogen-bond acceptors (Lipinski definition) is 5. The molecule has 2 N–H and O–H groups in total. The molecule has 0 amide bonds. The number of nitrogens with zero attached hydrogens (tertiary/aromatic N) is 4. The van der Waals surface area contributed by atoms with Crippen molar-refractivity contribution in [2.45, 2.75) is 25.1 Å². The molecule has 0 aliphatic rings. The van der Waals surface area contributed by atoms with Crippen molar-refractivity contribution in [3.63, 3.8) is 0 Å². The van der Waals surface area contributed by atoms with Crippen LogP contribution in [0.4, 0.5) is 5.69 Å². The average molecular weight is 348 g/mol. The first-order valence-corrected chi connectivity index (χ1v) is 8.61. The third-order valence-electron chi connectivity index (χ3n) is 3.16. The van der Waals surface area contributed by atoms with Crippen molar-refractivity contribution in [1.82, 2.24) is 20.2 Å². The maximum absolute atomic E-state index is 11.4. The molecule has 21 heavy (non-hydrogen) atoms. The summed E-state index contributed by atoms with van der Waals surface area (Å²) in [5.74, 6) is 0.550. The molecule has 2 atom stereocenters. The minimum atomic E-state index is -0.874. The van der Waals surface area contributed by atoms with E-state index in [-0.39, 0.29) is 5.25 Å². The van der Waals surface area contributed by atoms with Gasteiger partial charge in [0.25, 0.3) is 0 Å².